The van der Waals surface area contributed by atoms with Crippen LogP contribution in [-0.4, -0.2) is 23.1 Å². The number of thioether (sulfide) groups is 1. The van der Waals surface area contributed by atoms with Crippen molar-refractivity contribution in [2.45, 2.75) is 44.0 Å². The smallest absolute Gasteiger partial charge is 0.0214 e. The molecule has 1 heterocycles. The van der Waals surface area contributed by atoms with Crippen LogP contribution in [0.1, 0.15) is 26.7 Å². The van der Waals surface area contributed by atoms with Gasteiger partial charge < -0.3 is 5.32 Å². The van der Waals surface area contributed by atoms with Gasteiger partial charge in [-0.15, -0.1) is 0 Å². The molecule has 0 bridgehead atoms. The van der Waals surface area contributed by atoms with Gasteiger partial charge in [-0.1, -0.05) is 6.92 Å². The second kappa shape index (κ2) is 2.98. The third-order valence-corrected chi connectivity index (χ3v) is 4.23. The molecule has 2 aliphatic rings. The molecule has 1 nitrogen and oxygen atoms in total. The van der Waals surface area contributed by atoms with Gasteiger partial charge in [-0.2, -0.15) is 11.8 Å². The molecule has 1 saturated heterocycles. The maximum atomic E-state index is 3.71. The average molecular weight is 171 g/mol. The van der Waals surface area contributed by atoms with E-state index in [1.165, 1.54) is 18.6 Å². The summed E-state index contributed by atoms with van der Waals surface area (Å²) in [6.07, 6.45) is 2.94. The van der Waals surface area contributed by atoms with E-state index in [4.69, 9.17) is 0 Å². The van der Waals surface area contributed by atoms with Crippen molar-refractivity contribution in [3.63, 3.8) is 0 Å². The fraction of sp³-hybridized carbons (Fsp3) is 1.00. The highest BCUT2D eigenvalue weighted by atomic mass is 32.2. The summed E-state index contributed by atoms with van der Waals surface area (Å²) in [6, 6.07) is 1.56. The first kappa shape index (κ1) is 7.93. The number of hydrogen-bond acceptors (Lipinski definition) is 2. The molecule has 0 radical (unpaired) electrons. The molecule has 3 unspecified atom stereocenters. The van der Waals surface area contributed by atoms with Crippen molar-refractivity contribution >= 4 is 11.8 Å². The highest BCUT2D eigenvalue weighted by molar-refractivity contribution is 8.00. The number of rotatable bonds is 1. The molecule has 0 amide bonds. The van der Waals surface area contributed by atoms with E-state index in [2.05, 4.69) is 30.9 Å². The third-order valence-electron chi connectivity index (χ3n) is 2.72. The first-order valence-electron chi connectivity index (χ1n) is 4.65. The van der Waals surface area contributed by atoms with E-state index >= 15 is 0 Å². The summed E-state index contributed by atoms with van der Waals surface area (Å²) in [5.41, 5.74) is 0. The first-order valence-corrected chi connectivity index (χ1v) is 5.70. The van der Waals surface area contributed by atoms with Gasteiger partial charge >= 0.3 is 0 Å². The fourth-order valence-corrected chi connectivity index (χ4v) is 3.08. The van der Waals surface area contributed by atoms with Gasteiger partial charge in [0.25, 0.3) is 0 Å². The van der Waals surface area contributed by atoms with E-state index in [0.29, 0.717) is 0 Å². The Morgan fingerprint density at radius 3 is 2.64 bits per heavy atom. The van der Waals surface area contributed by atoms with Gasteiger partial charge in [0, 0.05) is 23.1 Å². The van der Waals surface area contributed by atoms with Crippen LogP contribution in [0.4, 0.5) is 0 Å². The molecular weight excluding hydrogens is 154 g/mol. The Morgan fingerprint density at radius 1 is 1.27 bits per heavy atom. The van der Waals surface area contributed by atoms with E-state index in [-0.39, 0.29) is 0 Å². The molecule has 0 aromatic rings. The Hall–Kier alpha value is 0.310. The van der Waals surface area contributed by atoms with Crippen molar-refractivity contribution in [3.8, 4) is 0 Å². The van der Waals surface area contributed by atoms with Crippen molar-refractivity contribution in [1.82, 2.24) is 5.32 Å². The van der Waals surface area contributed by atoms with Gasteiger partial charge in [0.2, 0.25) is 0 Å². The lowest BCUT2D eigenvalue weighted by atomic mass is 10.1. The lowest BCUT2D eigenvalue weighted by Gasteiger charge is -2.34. The van der Waals surface area contributed by atoms with E-state index in [1.807, 2.05) is 0 Å². The summed E-state index contributed by atoms with van der Waals surface area (Å²) in [4.78, 5) is 0. The largest absolute Gasteiger partial charge is 0.309 e. The summed E-state index contributed by atoms with van der Waals surface area (Å²) < 4.78 is 0. The normalized spacial score (nSPS) is 45.8. The summed E-state index contributed by atoms with van der Waals surface area (Å²) in [5, 5.41) is 4.55. The van der Waals surface area contributed by atoms with Crippen LogP contribution in [0, 0.1) is 5.92 Å². The molecule has 1 aliphatic carbocycles. The Labute approximate surface area is 73.3 Å². The van der Waals surface area contributed by atoms with E-state index < -0.39 is 0 Å². The predicted molar refractivity (Wildman–Crippen MR) is 51.0 cm³/mol. The van der Waals surface area contributed by atoms with Crippen LogP contribution in [0.5, 0.6) is 0 Å². The highest BCUT2D eigenvalue weighted by Gasteiger charge is 2.37. The predicted octanol–water partition coefficient (Wildman–Crippen LogP) is 1.88. The van der Waals surface area contributed by atoms with Crippen molar-refractivity contribution in [2.75, 3.05) is 5.75 Å². The number of hydrogen-bond donors (Lipinski definition) is 1. The molecule has 3 atom stereocenters. The Morgan fingerprint density at radius 2 is 2.00 bits per heavy atom. The van der Waals surface area contributed by atoms with E-state index in [0.717, 1.165) is 23.3 Å². The minimum atomic E-state index is 0.738. The molecule has 11 heavy (non-hydrogen) atoms. The van der Waals surface area contributed by atoms with Crippen molar-refractivity contribution < 1.29 is 0 Å². The monoisotopic (exact) mass is 171 g/mol. The Kier molecular flexibility index (Phi) is 2.15. The summed E-state index contributed by atoms with van der Waals surface area (Å²) in [6.45, 7) is 4.67. The van der Waals surface area contributed by atoms with Crippen LogP contribution in [0.25, 0.3) is 0 Å². The summed E-state index contributed by atoms with van der Waals surface area (Å²) in [5.74, 6) is 2.31. The molecule has 1 saturated carbocycles. The zero-order valence-corrected chi connectivity index (χ0v) is 8.16. The van der Waals surface area contributed by atoms with Gasteiger partial charge in [0.1, 0.15) is 0 Å². The molecule has 1 N–H and O–H groups in total. The zero-order chi connectivity index (χ0) is 7.84. The Bertz CT molecular complexity index is 144. The fourth-order valence-electron chi connectivity index (χ4n) is 1.89. The molecule has 1 aliphatic heterocycles. The van der Waals surface area contributed by atoms with Crippen LogP contribution >= 0.6 is 11.8 Å². The van der Waals surface area contributed by atoms with Crippen LogP contribution in [0.3, 0.4) is 0 Å². The molecule has 2 heteroatoms. The van der Waals surface area contributed by atoms with E-state index in [1.54, 1.807) is 0 Å². The maximum absolute atomic E-state index is 3.71. The van der Waals surface area contributed by atoms with Gasteiger partial charge in [-0.3, -0.25) is 0 Å². The highest BCUT2D eigenvalue weighted by Crippen LogP contribution is 2.38. The summed E-state index contributed by atoms with van der Waals surface area (Å²) >= 11 is 2.14. The standard InChI is InChI=1S/C9H17NS/c1-6-5-11-7(2)9(10-6)8-3-4-8/h6-10H,3-5H2,1-2H3. The topological polar surface area (TPSA) is 12.0 Å². The zero-order valence-electron chi connectivity index (χ0n) is 7.34. The summed E-state index contributed by atoms with van der Waals surface area (Å²) in [7, 11) is 0. The van der Waals surface area contributed by atoms with Crippen LogP contribution in [0.15, 0.2) is 0 Å². The van der Waals surface area contributed by atoms with Crippen LogP contribution in [-0.2, 0) is 0 Å². The van der Waals surface area contributed by atoms with Gasteiger partial charge in [-0.05, 0) is 25.7 Å². The molecule has 0 aromatic carbocycles. The maximum Gasteiger partial charge on any atom is 0.0214 e. The van der Waals surface area contributed by atoms with Crippen LogP contribution < -0.4 is 5.32 Å². The molecular formula is C9H17NS. The lowest BCUT2D eigenvalue weighted by Crippen LogP contribution is -2.49. The minimum absolute atomic E-state index is 0.738. The van der Waals surface area contributed by atoms with Crippen molar-refractivity contribution in [2.24, 2.45) is 5.92 Å². The van der Waals surface area contributed by atoms with Crippen molar-refractivity contribution in [1.29, 1.82) is 0 Å². The molecule has 0 aromatic heterocycles. The van der Waals surface area contributed by atoms with Crippen LogP contribution in [0.2, 0.25) is 0 Å². The van der Waals surface area contributed by atoms with Crippen molar-refractivity contribution in [3.05, 3.63) is 0 Å². The molecule has 64 valence electrons. The van der Waals surface area contributed by atoms with Gasteiger partial charge in [0.05, 0.1) is 0 Å². The number of nitrogens with one attached hydrogen (secondary N) is 1. The van der Waals surface area contributed by atoms with Gasteiger partial charge in [0.15, 0.2) is 0 Å². The third kappa shape index (κ3) is 1.73. The van der Waals surface area contributed by atoms with Gasteiger partial charge in [-0.25, -0.2) is 0 Å². The average Bonchev–Trinajstić information content (AvgIpc) is 2.76. The SMILES string of the molecule is CC1CSC(C)C(C2CC2)N1. The Balaban J connectivity index is 1.93. The quantitative estimate of drug-likeness (QED) is 0.646. The second-order valence-electron chi connectivity index (χ2n) is 3.97. The lowest BCUT2D eigenvalue weighted by molar-refractivity contribution is 0.409. The molecule has 2 rings (SSSR count). The first-order chi connectivity index (χ1) is 5.27. The van der Waals surface area contributed by atoms with E-state index in [9.17, 15) is 0 Å². The molecule has 0 spiro atoms. The second-order valence-corrected chi connectivity index (χ2v) is 5.38. The minimum Gasteiger partial charge on any atom is -0.309 e. The molecule has 2 fully saturated rings.